The van der Waals surface area contributed by atoms with Crippen molar-refractivity contribution in [1.29, 1.82) is 5.41 Å². The number of benzene rings is 1. The van der Waals surface area contributed by atoms with Crippen LogP contribution >= 0.6 is 23.1 Å². The van der Waals surface area contributed by atoms with Crippen molar-refractivity contribution in [3.8, 4) is 11.5 Å². The molecule has 2 N–H and O–H groups in total. The number of carbonyl (C=O) groups excluding carboxylic acids is 1. The molecule has 8 heteroatoms. The highest BCUT2D eigenvalue weighted by Crippen LogP contribution is 2.42. The average molecular weight is 416 g/mol. The summed E-state index contributed by atoms with van der Waals surface area (Å²) in [6.07, 6.45) is 4.66. The first-order chi connectivity index (χ1) is 13.5. The van der Waals surface area contributed by atoms with Gasteiger partial charge in [-0.15, -0.1) is 28.1 Å². The van der Waals surface area contributed by atoms with Gasteiger partial charge in [-0.3, -0.25) is 10.2 Å². The summed E-state index contributed by atoms with van der Waals surface area (Å²) in [7, 11) is 0. The lowest BCUT2D eigenvalue weighted by molar-refractivity contribution is -0.114. The lowest BCUT2D eigenvalue weighted by Gasteiger charge is -2.11. The number of aromatic nitrogens is 2. The maximum Gasteiger partial charge on any atom is 0.186 e. The lowest BCUT2D eigenvalue weighted by Crippen LogP contribution is -2.11. The molecule has 1 atom stereocenters. The standard InChI is InChI=1S/C20H21N3O3S2/c1-4-7-12-8-11(9-13(17(12)24)26-6-3)10-14-18(25)16(19(21)27-14)20-23-22-15(5-2)28-20/h4,8-10,16,21,24H,1,5-7H2,2-3H3/b14-10-,21-19?/t16-/m0/s1. The van der Waals surface area contributed by atoms with Crippen LogP contribution in [0.25, 0.3) is 6.08 Å². The number of phenols is 1. The van der Waals surface area contributed by atoms with Crippen molar-refractivity contribution >= 4 is 40.0 Å². The number of aromatic hydroxyl groups is 1. The zero-order valence-electron chi connectivity index (χ0n) is 15.7. The number of ketones is 1. The van der Waals surface area contributed by atoms with E-state index in [4.69, 9.17) is 10.1 Å². The van der Waals surface area contributed by atoms with Crippen molar-refractivity contribution < 1.29 is 14.6 Å². The third-order valence-electron chi connectivity index (χ3n) is 4.16. The number of rotatable bonds is 7. The molecule has 146 valence electrons. The zero-order chi connectivity index (χ0) is 20.3. The number of hydrogen-bond acceptors (Lipinski definition) is 8. The quantitative estimate of drug-likeness (QED) is 0.515. The maximum absolute atomic E-state index is 12.9. The number of ether oxygens (including phenoxy) is 1. The summed E-state index contributed by atoms with van der Waals surface area (Å²) in [5.74, 6) is -0.372. The fourth-order valence-electron chi connectivity index (χ4n) is 2.84. The van der Waals surface area contributed by atoms with Gasteiger partial charge in [0.05, 0.1) is 16.6 Å². The minimum absolute atomic E-state index is 0.0841. The van der Waals surface area contributed by atoms with Crippen LogP contribution in [-0.4, -0.2) is 32.7 Å². The topological polar surface area (TPSA) is 96.2 Å². The van der Waals surface area contributed by atoms with Crippen LogP contribution in [-0.2, 0) is 17.6 Å². The summed E-state index contributed by atoms with van der Waals surface area (Å²) in [5.41, 5.74) is 1.40. The Hall–Kier alpha value is -2.45. The fourth-order valence-corrected chi connectivity index (χ4v) is 4.79. The van der Waals surface area contributed by atoms with Gasteiger partial charge in [0.25, 0.3) is 0 Å². The number of phenolic OH excluding ortho intramolecular Hbond substituents is 1. The molecule has 0 bridgehead atoms. The van der Waals surface area contributed by atoms with Gasteiger partial charge in [-0.25, -0.2) is 0 Å². The Morgan fingerprint density at radius 3 is 2.79 bits per heavy atom. The Kier molecular flexibility index (Phi) is 6.31. The van der Waals surface area contributed by atoms with Gasteiger partial charge in [-0.2, -0.15) is 0 Å². The van der Waals surface area contributed by atoms with Gasteiger partial charge >= 0.3 is 0 Å². The first-order valence-corrected chi connectivity index (χ1v) is 10.6. The van der Waals surface area contributed by atoms with E-state index >= 15 is 0 Å². The summed E-state index contributed by atoms with van der Waals surface area (Å²) in [6.45, 7) is 7.95. The van der Waals surface area contributed by atoms with Crippen LogP contribution in [0.4, 0.5) is 0 Å². The van der Waals surface area contributed by atoms with E-state index < -0.39 is 5.92 Å². The largest absolute Gasteiger partial charge is 0.504 e. The van der Waals surface area contributed by atoms with Crippen molar-refractivity contribution in [2.45, 2.75) is 32.6 Å². The molecule has 0 saturated carbocycles. The number of allylic oxidation sites excluding steroid dienone is 2. The van der Waals surface area contributed by atoms with Crippen molar-refractivity contribution in [3.05, 3.63) is 50.8 Å². The molecular weight excluding hydrogens is 394 g/mol. The van der Waals surface area contributed by atoms with E-state index in [2.05, 4.69) is 16.8 Å². The molecule has 1 aromatic heterocycles. The van der Waals surface area contributed by atoms with Crippen LogP contribution in [0, 0.1) is 5.41 Å². The van der Waals surface area contributed by atoms with Crippen LogP contribution < -0.4 is 4.74 Å². The molecule has 2 aromatic rings. The van der Waals surface area contributed by atoms with Crippen LogP contribution in [0.15, 0.2) is 29.7 Å². The zero-order valence-corrected chi connectivity index (χ0v) is 17.3. The summed E-state index contributed by atoms with van der Waals surface area (Å²) in [4.78, 5) is 13.4. The second-order valence-electron chi connectivity index (χ2n) is 6.11. The number of carbonyl (C=O) groups is 1. The van der Waals surface area contributed by atoms with E-state index in [9.17, 15) is 9.90 Å². The monoisotopic (exact) mass is 415 g/mol. The fraction of sp³-hybridized carbons (Fsp3) is 0.300. The lowest BCUT2D eigenvalue weighted by atomic mass is 10.0. The summed E-state index contributed by atoms with van der Waals surface area (Å²) in [5, 5.41) is 28.4. The molecule has 6 nitrogen and oxygen atoms in total. The molecule has 0 spiro atoms. The molecule has 0 aliphatic carbocycles. The summed E-state index contributed by atoms with van der Waals surface area (Å²) >= 11 is 2.52. The first-order valence-electron chi connectivity index (χ1n) is 8.92. The molecule has 1 aliphatic heterocycles. The second kappa shape index (κ2) is 8.70. The van der Waals surface area contributed by atoms with Crippen molar-refractivity contribution in [2.75, 3.05) is 6.61 Å². The first kappa shape index (κ1) is 20.3. The van der Waals surface area contributed by atoms with E-state index in [1.54, 1.807) is 24.3 Å². The van der Waals surface area contributed by atoms with Gasteiger partial charge in [-0.05, 0) is 43.5 Å². The molecule has 1 aromatic carbocycles. The number of aryl methyl sites for hydroxylation is 1. The summed E-state index contributed by atoms with van der Waals surface area (Å²) in [6, 6.07) is 3.50. The second-order valence-corrected chi connectivity index (χ2v) is 8.29. The van der Waals surface area contributed by atoms with Crippen molar-refractivity contribution in [1.82, 2.24) is 10.2 Å². The van der Waals surface area contributed by atoms with E-state index in [0.29, 0.717) is 34.3 Å². The highest BCUT2D eigenvalue weighted by Gasteiger charge is 2.39. The maximum atomic E-state index is 12.9. The third kappa shape index (κ3) is 4.02. The van der Waals surface area contributed by atoms with Gasteiger partial charge in [0.15, 0.2) is 17.3 Å². The third-order valence-corrected chi connectivity index (χ3v) is 6.28. The van der Waals surface area contributed by atoms with Gasteiger partial charge in [-0.1, -0.05) is 24.8 Å². The molecule has 2 heterocycles. The highest BCUT2D eigenvalue weighted by molar-refractivity contribution is 8.19. The number of nitrogens with one attached hydrogen (secondary N) is 1. The SMILES string of the molecule is C=CCc1cc(/C=C2\SC(=N)[C@@H](c3nnc(CC)s3)C2=O)cc(OCC)c1O. The normalized spacial score (nSPS) is 18.1. The Balaban J connectivity index is 1.96. The predicted octanol–water partition coefficient (Wildman–Crippen LogP) is 4.35. The number of thioether (sulfide) groups is 1. The smallest absolute Gasteiger partial charge is 0.186 e. The average Bonchev–Trinajstić information content (AvgIpc) is 3.23. The van der Waals surface area contributed by atoms with Crippen molar-refractivity contribution in [3.63, 3.8) is 0 Å². The number of Topliss-reactive ketones (excluding diaryl/α,β-unsaturated/α-hetero) is 1. The van der Waals surface area contributed by atoms with E-state index in [0.717, 1.165) is 28.8 Å². The molecule has 0 unspecified atom stereocenters. The molecule has 1 saturated heterocycles. The predicted molar refractivity (Wildman–Crippen MR) is 114 cm³/mol. The van der Waals surface area contributed by atoms with Gasteiger partial charge in [0.1, 0.15) is 15.9 Å². The Morgan fingerprint density at radius 1 is 1.36 bits per heavy atom. The van der Waals surface area contributed by atoms with E-state index in [1.807, 2.05) is 13.8 Å². The van der Waals surface area contributed by atoms with Crippen LogP contribution in [0.1, 0.15) is 40.9 Å². The van der Waals surface area contributed by atoms with E-state index in [1.165, 1.54) is 11.3 Å². The van der Waals surface area contributed by atoms with Crippen molar-refractivity contribution in [2.24, 2.45) is 0 Å². The number of hydrogen-bond donors (Lipinski definition) is 2. The van der Waals surface area contributed by atoms with Gasteiger partial charge in [0.2, 0.25) is 0 Å². The molecule has 1 aliphatic rings. The Bertz CT molecular complexity index is 966. The molecule has 1 fully saturated rings. The van der Waals surface area contributed by atoms with E-state index in [-0.39, 0.29) is 16.6 Å². The molecular formula is C20H21N3O3S2. The van der Waals surface area contributed by atoms with Gasteiger partial charge < -0.3 is 9.84 Å². The van der Waals surface area contributed by atoms with Crippen LogP contribution in [0.5, 0.6) is 11.5 Å². The molecule has 28 heavy (non-hydrogen) atoms. The minimum Gasteiger partial charge on any atom is -0.504 e. The minimum atomic E-state index is -0.676. The molecule has 3 rings (SSSR count). The summed E-state index contributed by atoms with van der Waals surface area (Å²) < 4.78 is 5.52. The van der Waals surface area contributed by atoms with Crippen LogP contribution in [0.3, 0.4) is 0 Å². The Morgan fingerprint density at radius 2 is 2.14 bits per heavy atom. The molecule has 0 radical (unpaired) electrons. The highest BCUT2D eigenvalue weighted by atomic mass is 32.2. The Labute approximate surface area is 171 Å². The molecule has 0 amide bonds. The van der Waals surface area contributed by atoms with Gasteiger partial charge in [0, 0.05) is 5.56 Å². The number of nitrogens with zero attached hydrogens (tertiary/aromatic N) is 2. The van der Waals surface area contributed by atoms with Crippen LogP contribution in [0.2, 0.25) is 0 Å².